The Bertz CT molecular complexity index is 337. The van der Waals surface area contributed by atoms with E-state index in [4.69, 9.17) is 5.73 Å². The summed E-state index contributed by atoms with van der Waals surface area (Å²) in [6.07, 6.45) is 7.50. The highest BCUT2D eigenvalue weighted by molar-refractivity contribution is 5.18. The normalized spacial score (nSPS) is 19.9. The lowest BCUT2D eigenvalue weighted by Gasteiger charge is -2.36. The zero-order valence-corrected chi connectivity index (χ0v) is 11.5. The molecule has 0 spiro atoms. The summed E-state index contributed by atoms with van der Waals surface area (Å²) in [6, 6.07) is 11.4. The molecule has 3 N–H and O–H groups in total. The predicted molar refractivity (Wildman–Crippen MR) is 77.6 cm³/mol. The zero-order valence-electron chi connectivity index (χ0n) is 11.5. The first-order chi connectivity index (χ1) is 8.78. The Hall–Kier alpha value is -0.860. The summed E-state index contributed by atoms with van der Waals surface area (Å²) in [5.41, 5.74) is 7.55. The molecule has 0 aromatic heterocycles. The molecular weight excluding hydrogens is 220 g/mol. The Balaban J connectivity index is 2.05. The van der Waals surface area contributed by atoms with Gasteiger partial charge in [0.25, 0.3) is 0 Å². The van der Waals surface area contributed by atoms with Gasteiger partial charge in [-0.15, -0.1) is 0 Å². The van der Waals surface area contributed by atoms with Crippen molar-refractivity contribution in [3.8, 4) is 0 Å². The largest absolute Gasteiger partial charge is 0.329 e. The minimum Gasteiger partial charge on any atom is -0.329 e. The van der Waals surface area contributed by atoms with Crippen molar-refractivity contribution in [3.05, 3.63) is 35.9 Å². The van der Waals surface area contributed by atoms with Gasteiger partial charge in [-0.3, -0.25) is 0 Å². The van der Waals surface area contributed by atoms with Crippen molar-refractivity contribution < 1.29 is 0 Å². The fourth-order valence-corrected chi connectivity index (χ4v) is 3.04. The lowest BCUT2D eigenvalue weighted by Crippen LogP contribution is -2.55. The third-order valence-electron chi connectivity index (χ3n) is 4.32. The van der Waals surface area contributed by atoms with Gasteiger partial charge in [0.1, 0.15) is 0 Å². The standard InChI is InChI=1S/C16H26N2/c1-2-16(13-17,18-15-10-6-7-11-15)12-14-8-4-3-5-9-14/h3-5,8-9,15,18H,2,6-7,10-13,17H2,1H3. The molecule has 0 saturated heterocycles. The molecule has 1 aromatic rings. The van der Waals surface area contributed by atoms with Crippen LogP contribution in [0.2, 0.25) is 0 Å². The summed E-state index contributed by atoms with van der Waals surface area (Å²) >= 11 is 0. The van der Waals surface area contributed by atoms with Gasteiger partial charge in [-0.2, -0.15) is 0 Å². The summed E-state index contributed by atoms with van der Waals surface area (Å²) in [4.78, 5) is 0. The maximum absolute atomic E-state index is 6.08. The van der Waals surface area contributed by atoms with Gasteiger partial charge in [0, 0.05) is 18.1 Å². The predicted octanol–water partition coefficient (Wildman–Crippen LogP) is 2.87. The Morgan fingerprint density at radius 2 is 1.89 bits per heavy atom. The van der Waals surface area contributed by atoms with Gasteiger partial charge in [0.2, 0.25) is 0 Å². The summed E-state index contributed by atoms with van der Waals surface area (Å²) in [5, 5.41) is 3.85. The van der Waals surface area contributed by atoms with Crippen molar-refractivity contribution in [3.63, 3.8) is 0 Å². The maximum atomic E-state index is 6.08. The molecule has 2 rings (SSSR count). The Kier molecular flexibility index (Phi) is 4.79. The van der Waals surface area contributed by atoms with Crippen molar-refractivity contribution in [2.45, 2.75) is 57.0 Å². The summed E-state index contributed by atoms with van der Waals surface area (Å²) in [7, 11) is 0. The van der Waals surface area contributed by atoms with Crippen LogP contribution >= 0.6 is 0 Å². The maximum Gasteiger partial charge on any atom is 0.0344 e. The van der Waals surface area contributed by atoms with Gasteiger partial charge in [-0.05, 0) is 31.2 Å². The Labute approximate surface area is 111 Å². The van der Waals surface area contributed by atoms with Crippen molar-refractivity contribution in [1.29, 1.82) is 0 Å². The van der Waals surface area contributed by atoms with E-state index >= 15 is 0 Å². The van der Waals surface area contributed by atoms with Crippen LogP contribution in [0.3, 0.4) is 0 Å². The van der Waals surface area contributed by atoms with Crippen molar-refractivity contribution >= 4 is 0 Å². The van der Waals surface area contributed by atoms with E-state index in [0.29, 0.717) is 6.04 Å². The summed E-state index contributed by atoms with van der Waals surface area (Å²) in [5.74, 6) is 0. The molecule has 1 atom stereocenters. The molecule has 0 heterocycles. The molecule has 1 unspecified atom stereocenters. The summed E-state index contributed by atoms with van der Waals surface area (Å²) < 4.78 is 0. The average Bonchev–Trinajstić information content (AvgIpc) is 2.92. The number of hydrogen-bond acceptors (Lipinski definition) is 2. The molecule has 0 radical (unpaired) electrons. The zero-order chi connectivity index (χ0) is 12.8. The van der Waals surface area contributed by atoms with Crippen LogP contribution in [0.25, 0.3) is 0 Å². The van der Waals surface area contributed by atoms with Crippen LogP contribution in [0.1, 0.15) is 44.6 Å². The van der Waals surface area contributed by atoms with Crippen LogP contribution < -0.4 is 11.1 Å². The third kappa shape index (κ3) is 3.33. The second-order valence-electron chi connectivity index (χ2n) is 5.63. The molecule has 1 aromatic carbocycles. The lowest BCUT2D eigenvalue weighted by molar-refractivity contribution is 0.279. The smallest absolute Gasteiger partial charge is 0.0344 e. The third-order valence-corrected chi connectivity index (χ3v) is 4.32. The Morgan fingerprint density at radius 3 is 2.44 bits per heavy atom. The first-order valence-corrected chi connectivity index (χ1v) is 7.30. The molecule has 2 heteroatoms. The number of nitrogens with two attached hydrogens (primary N) is 1. The molecule has 1 saturated carbocycles. The highest BCUT2D eigenvalue weighted by atomic mass is 15.0. The van der Waals surface area contributed by atoms with Gasteiger partial charge in [-0.1, -0.05) is 50.1 Å². The van der Waals surface area contributed by atoms with E-state index < -0.39 is 0 Å². The minimum atomic E-state index is 0.0797. The van der Waals surface area contributed by atoms with Gasteiger partial charge < -0.3 is 11.1 Å². The molecular formula is C16H26N2. The molecule has 100 valence electrons. The van der Waals surface area contributed by atoms with Crippen LogP contribution in [-0.4, -0.2) is 18.1 Å². The van der Waals surface area contributed by atoms with E-state index in [-0.39, 0.29) is 5.54 Å². The fourth-order valence-electron chi connectivity index (χ4n) is 3.04. The van der Waals surface area contributed by atoms with E-state index in [1.807, 2.05) is 0 Å². The highest BCUT2D eigenvalue weighted by Crippen LogP contribution is 2.24. The molecule has 1 aliphatic rings. The topological polar surface area (TPSA) is 38.0 Å². The molecule has 0 aliphatic heterocycles. The van der Waals surface area contributed by atoms with E-state index in [1.165, 1.54) is 31.2 Å². The number of benzene rings is 1. The van der Waals surface area contributed by atoms with Crippen molar-refractivity contribution in [2.75, 3.05) is 6.54 Å². The molecule has 1 aliphatic carbocycles. The molecule has 2 nitrogen and oxygen atoms in total. The molecule has 0 bridgehead atoms. The molecule has 0 amide bonds. The van der Waals surface area contributed by atoms with Crippen LogP contribution in [0.5, 0.6) is 0 Å². The van der Waals surface area contributed by atoms with E-state index in [1.54, 1.807) is 0 Å². The van der Waals surface area contributed by atoms with Crippen LogP contribution in [0.4, 0.5) is 0 Å². The van der Waals surface area contributed by atoms with Gasteiger partial charge in [0.15, 0.2) is 0 Å². The highest BCUT2D eigenvalue weighted by Gasteiger charge is 2.30. The summed E-state index contributed by atoms with van der Waals surface area (Å²) in [6.45, 7) is 2.96. The number of hydrogen-bond donors (Lipinski definition) is 2. The lowest BCUT2D eigenvalue weighted by atomic mass is 9.87. The number of rotatable bonds is 6. The molecule has 18 heavy (non-hydrogen) atoms. The minimum absolute atomic E-state index is 0.0797. The van der Waals surface area contributed by atoms with E-state index in [9.17, 15) is 0 Å². The van der Waals surface area contributed by atoms with Crippen LogP contribution in [-0.2, 0) is 6.42 Å². The van der Waals surface area contributed by atoms with Crippen molar-refractivity contribution in [1.82, 2.24) is 5.32 Å². The van der Waals surface area contributed by atoms with E-state index in [2.05, 4.69) is 42.6 Å². The van der Waals surface area contributed by atoms with E-state index in [0.717, 1.165) is 19.4 Å². The quantitative estimate of drug-likeness (QED) is 0.810. The van der Waals surface area contributed by atoms with Crippen LogP contribution in [0.15, 0.2) is 30.3 Å². The first kappa shape index (κ1) is 13.6. The Morgan fingerprint density at radius 1 is 1.22 bits per heavy atom. The van der Waals surface area contributed by atoms with Gasteiger partial charge >= 0.3 is 0 Å². The average molecular weight is 246 g/mol. The SMILES string of the molecule is CCC(CN)(Cc1ccccc1)NC1CCCC1. The monoisotopic (exact) mass is 246 g/mol. The number of nitrogens with one attached hydrogen (secondary N) is 1. The first-order valence-electron chi connectivity index (χ1n) is 7.30. The van der Waals surface area contributed by atoms with Gasteiger partial charge in [-0.25, -0.2) is 0 Å². The molecule has 1 fully saturated rings. The fraction of sp³-hybridized carbons (Fsp3) is 0.625. The van der Waals surface area contributed by atoms with Crippen LogP contribution in [0, 0.1) is 0 Å². The second-order valence-corrected chi connectivity index (χ2v) is 5.63. The van der Waals surface area contributed by atoms with Gasteiger partial charge in [0.05, 0.1) is 0 Å². The van der Waals surface area contributed by atoms with Crippen molar-refractivity contribution in [2.24, 2.45) is 5.73 Å². The second kappa shape index (κ2) is 6.35.